The average Bonchev–Trinajstić information content (AvgIpc) is 3.21. The molecule has 2 aliphatic rings. The number of aromatic hydroxyl groups is 5. The van der Waals surface area contributed by atoms with Crippen LogP contribution in [0, 0.1) is 25.7 Å². The summed E-state index contributed by atoms with van der Waals surface area (Å²) in [4.78, 5) is 2.52. The number of benzene rings is 4. The summed E-state index contributed by atoms with van der Waals surface area (Å²) in [5, 5.41) is 50.7. The van der Waals surface area contributed by atoms with Crippen LogP contribution in [0.15, 0.2) is 130 Å². The van der Waals surface area contributed by atoms with Crippen molar-refractivity contribution in [3.8, 4) is 34.5 Å². The molecule has 0 amide bonds. The van der Waals surface area contributed by atoms with Gasteiger partial charge in [0.2, 0.25) is 0 Å². The molecule has 0 radical (unpaired) electrons. The Kier molecular flexibility index (Phi) is 20.5. The topological polar surface area (TPSA) is 182 Å². The Morgan fingerprint density at radius 1 is 0.621 bits per heavy atom. The Morgan fingerprint density at radius 3 is 1.29 bits per heavy atom. The summed E-state index contributed by atoms with van der Waals surface area (Å²) < 4.78 is 51.6. The number of allylic oxidation sites excluding steroid dienone is 6. The van der Waals surface area contributed by atoms with Crippen molar-refractivity contribution < 1.29 is 46.6 Å². The van der Waals surface area contributed by atoms with E-state index in [-0.39, 0.29) is 68.0 Å². The number of nitrogens with zero attached hydrogens (tertiary/aromatic N) is 1. The summed E-state index contributed by atoms with van der Waals surface area (Å²) in [6, 6.07) is 17.6. The lowest BCUT2D eigenvalue weighted by molar-refractivity contribution is 0.321. The van der Waals surface area contributed by atoms with Gasteiger partial charge in [0.05, 0.1) is 4.90 Å². The van der Waals surface area contributed by atoms with Crippen LogP contribution in [0.25, 0.3) is 0 Å². The van der Waals surface area contributed by atoms with E-state index in [1.807, 2.05) is 40.7 Å². The van der Waals surface area contributed by atoms with Crippen LogP contribution in [0.5, 0.6) is 34.5 Å². The van der Waals surface area contributed by atoms with Crippen LogP contribution in [0.4, 0.5) is 0 Å². The van der Waals surface area contributed by atoms with E-state index >= 15 is 0 Å². The zero-order valence-electron chi connectivity index (χ0n) is 39.7. The predicted molar refractivity (Wildman–Crippen MR) is 266 cm³/mol. The molecule has 14 heteroatoms. The molecule has 6 rings (SSSR count). The predicted octanol–water partition coefficient (Wildman–Crippen LogP) is 12.3. The van der Waals surface area contributed by atoms with E-state index in [2.05, 4.69) is 51.8 Å². The zero-order chi connectivity index (χ0) is 49.7. The number of phenols is 5. The van der Waals surface area contributed by atoms with Gasteiger partial charge in [-0.1, -0.05) is 104 Å². The highest BCUT2D eigenvalue weighted by Gasteiger charge is 2.32. The minimum absolute atomic E-state index is 0.000610. The molecule has 0 heterocycles. The number of rotatable bonds is 11. The molecule has 360 valence electrons. The van der Waals surface area contributed by atoms with E-state index in [1.165, 1.54) is 79.3 Å². The van der Waals surface area contributed by atoms with E-state index in [4.69, 9.17) is 14.9 Å². The third-order valence-corrected chi connectivity index (χ3v) is 14.4. The van der Waals surface area contributed by atoms with Gasteiger partial charge < -0.3 is 34.6 Å². The van der Waals surface area contributed by atoms with E-state index in [9.17, 15) is 42.4 Å². The van der Waals surface area contributed by atoms with Gasteiger partial charge in [-0.2, -0.15) is 8.42 Å². The molecule has 11 nitrogen and oxygen atoms in total. The summed E-state index contributed by atoms with van der Waals surface area (Å²) in [5.74, 6) is -0.878. The van der Waals surface area contributed by atoms with E-state index in [0.29, 0.717) is 11.1 Å². The highest BCUT2D eigenvalue weighted by molar-refractivity contribution is 8.13. The number of aryl methyl sites for hydroxylation is 2. The van der Waals surface area contributed by atoms with Gasteiger partial charge >= 0.3 is 10.1 Å². The molecule has 0 aromatic heterocycles. The van der Waals surface area contributed by atoms with Crippen LogP contribution >= 0.6 is 10.7 Å². The standard InChI is InChI=1S/C23H26O5S.C16H20O3.C7H7ClO2S.C6H15N/c1-14(2)19-10-7-16(4)11-20(19)23-21(24)12-17(13-22(23)25)28-29(26,27)18-8-5-15(3)6-9-18;1-9(2)12-5-4-10(3)6-13(12)16-14(18)7-11(17)8-15(16)19;1-6-2-4-7(5-3-6)11(8,9)10;1-4-7(5-2)6-3/h5-6,8-9,11-13,19-20,24-25H,1,7,10H2,2-4H3;6-8,12-13,17-19H,1,4-5H2,2-3H3;2-5H,1H3;4-6H2,1-3H3/t19-,20+;12-,13+;;/m00../s1. The molecule has 4 atom stereocenters. The summed E-state index contributed by atoms with van der Waals surface area (Å²) in [6.45, 7) is 29.9. The minimum Gasteiger partial charge on any atom is -0.508 e. The second-order valence-corrected chi connectivity index (χ2v) is 21.2. The van der Waals surface area contributed by atoms with Crippen molar-refractivity contribution >= 4 is 29.9 Å². The lowest BCUT2D eigenvalue weighted by Crippen LogP contribution is -2.21. The summed E-state index contributed by atoms with van der Waals surface area (Å²) in [7, 11) is -2.55. The van der Waals surface area contributed by atoms with Crippen molar-refractivity contribution in [2.24, 2.45) is 11.8 Å². The van der Waals surface area contributed by atoms with Crippen LogP contribution in [-0.2, 0) is 19.2 Å². The molecular weight excluding hydrogens is 898 g/mol. The van der Waals surface area contributed by atoms with Gasteiger partial charge in [0.15, 0.2) is 0 Å². The number of halogens is 1. The normalized spacial score (nSPS) is 18.2. The van der Waals surface area contributed by atoms with Crippen LogP contribution in [0.2, 0.25) is 0 Å². The Balaban J connectivity index is 0.000000266. The maximum absolute atomic E-state index is 12.5. The van der Waals surface area contributed by atoms with E-state index in [0.717, 1.165) is 48.0 Å². The summed E-state index contributed by atoms with van der Waals surface area (Å²) in [6.07, 6.45) is 7.89. The average molecular weight is 967 g/mol. The molecule has 0 spiro atoms. The molecule has 5 N–H and O–H groups in total. The van der Waals surface area contributed by atoms with Crippen molar-refractivity contribution in [1.29, 1.82) is 0 Å². The monoisotopic (exact) mass is 965 g/mol. The molecule has 0 unspecified atom stereocenters. The van der Waals surface area contributed by atoms with Gasteiger partial charge in [0.25, 0.3) is 9.05 Å². The molecule has 0 bridgehead atoms. The molecular formula is C52H68ClNO10S2. The van der Waals surface area contributed by atoms with Crippen molar-refractivity contribution in [3.63, 3.8) is 0 Å². The van der Waals surface area contributed by atoms with Crippen LogP contribution in [0.1, 0.15) is 108 Å². The Bertz CT molecular complexity index is 2530. The van der Waals surface area contributed by atoms with E-state index < -0.39 is 19.2 Å². The molecule has 4 aromatic carbocycles. The molecule has 4 aromatic rings. The maximum Gasteiger partial charge on any atom is 0.339 e. The quantitative estimate of drug-likeness (QED) is 0.0548. The Morgan fingerprint density at radius 2 is 0.970 bits per heavy atom. The highest BCUT2D eigenvalue weighted by atomic mass is 35.7. The SMILES string of the molecule is C=C(C)[C@@H]1CCC(C)=C[C@H]1c1c(O)cc(O)cc1O.C=C(C)[C@@H]1CCC(C)=C[C@H]1c1c(O)cc(OS(=O)(=O)c2ccc(C)cc2)cc1O.CCN(CC)CC.Cc1ccc(S(=O)(=O)Cl)cc1. The van der Waals surface area contributed by atoms with E-state index in [1.54, 1.807) is 24.3 Å². The summed E-state index contributed by atoms with van der Waals surface area (Å²) >= 11 is 0. The fourth-order valence-electron chi connectivity index (χ4n) is 8.00. The van der Waals surface area contributed by atoms with Crippen molar-refractivity contribution in [3.05, 3.63) is 143 Å². The van der Waals surface area contributed by atoms with Gasteiger partial charge in [-0.3, -0.25) is 0 Å². The van der Waals surface area contributed by atoms with Crippen LogP contribution in [0.3, 0.4) is 0 Å². The Hall–Kier alpha value is -5.21. The number of hydrogen-bond donors (Lipinski definition) is 5. The maximum atomic E-state index is 12.5. The van der Waals surface area contributed by atoms with Gasteiger partial charge in [0, 0.05) is 57.9 Å². The fourth-order valence-corrected chi connectivity index (χ4v) is 9.69. The van der Waals surface area contributed by atoms with Gasteiger partial charge in [0.1, 0.15) is 39.4 Å². The Labute approximate surface area is 397 Å². The van der Waals surface area contributed by atoms with Crippen molar-refractivity contribution in [1.82, 2.24) is 4.90 Å². The van der Waals surface area contributed by atoms with Gasteiger partial charge in [-0.25, -0.2) is 8.42 Å². The molecule has 0 saturated carbocycles. The smallest absolute Gasteiger partial charge is 0.339 e. The third kappa shape index (κ3) is 15.7. The molecule has 0 fully saturated rings. The highest BCUT2D eigenvalue weighted by Crippen LogP contribution is 2.49. The largest absolute Gasteiger partial charge is 0.508 e. The molecule has 66 heavy (non-hydrogen) atoms. The first kappa shape index (κ1) is 55.1. The number of phenolic OH excluding ortho intramolecular Hbond substituents is 5. The third-order valence-electron chi connectivity index (χ3n) is 11.8. The molecule has 0 saturated heterocycles. The first-order chi connectivity index (χ1) is 30.8. The zero-order valence-corrected chi connectivity index (χ0v) is 42.1. The van der Waals surface area contributed by atoms with Crippen LogP contribution < -0.4 is 4.18 Å². The first-order valence-electron chi connectivity index (χ1n) is 22.0. The van der Waals surface area contributed by atoms with Crippen molar-refractivity contribution in [2.45, 2.75) is 110 Å². The van der Waals surface area contributed by atoms with Gasteiger partial charge in [-0.05, 0) is 123 Å². The molecule has 0 aliphatic heterocycles. The second kappa shape index (κ2) is 24.5. The van der Waals surface area contributed by atoms with Crippen LogP contribution in [-0.4, -0.2) is 66.9 Å². The number of hydrogen-bond acceptors (Lipinski definition) is 11. The second-order valence-electron chi connectivity index (χ2n) is 17.1. The lowest BCUT2D eigenvalue weighted by Gasteiger charge is -2.31. The van der Waals surface area contributed by atoms with Gasteiger partial charge in [-0.15, -0.1) is 0 Å². The fraction of sp³-hybridized carbons (Fsp3) is 0.385. The first-order valence-corrected chi connectivity index (χ1v) is 25.8. The molecule has 2 aliphatic carbocycles. The summed E-state index contributed by atoms with van der Waals surface area (Å²) in [5.41, 5.74) is 7.20. The minimum atomic E-state index is -4.08. The lowest BCUT2D eigenvalue weighted by atomic mass is 9.74. The van der Waals surface area contributed by atoms with Crippen molar-refractivity contribution in [2.75, 3.05) is 19.6 Å².